The molecule has 0 aliphatic carbocycles. The van der Waals surface area contributed by atoms with Gasteiger partial charge in [0.2, 0.25) is 5.95 Å². The van der Waals surface area contributed by atoms with Crippen LogP contribution in [0.25, 0.3) is 0 Å². The van der Waals surface area contributed by atoms with Crippen molar-refractivity contribution in [2.45, 2.75) is 6.92 Å². The molecule has 0 unspecified atom stereocenters. The summed E-state index contributed by atoms with van der Waals surface area (Å²) in [5.74, 6) is 0.825. The van der Waals surface area contributed by atoms with Crippen molar-refractivity contribution < 1.29 is 13.9 Å². The van der Waals surface area contributed by atoms with E-state index in [1.165, 1.54) is 6.20 Å². The summed E-state index contributed by atoms with van der Waals surface area (Å²) in [6, 6.07) is 17.5. The predicted molar refractivity (Wildman–Crippen MR) is 125 cm³/mol. The number of benzene rings is 2. The van der Waals surface area contributed by atoms with Gasteiger partial charge in [0.15, 0.2) is 0 Å². The molecule has 2 heterocycles. The summed E-state index contributed by atoms with van der Waals surface area (Å²) < 4.78 is 18.4. The lowest BCUT2D eigenvalue weighted by Crippen LogP contribution is -2.12. The van der Waals surface area contributed by atoms with E-state index in [2.05, 4.69) is 30.9 Å². The van der Waals surface area contributed by atoms with E-state index >= 15 is 0 Å². The van der Waals surface area contributed by atoms with Gasteiger partial charge in [0.05, 0.1) is 18.9 Å². The first kappa shape index (κ1) is 21.7. The number of pyridine rings is 1. The van der Waals surface area contributed by atoms with Crippen LogP contribution in [0.3, 0.4) is 0 Å². The van der Waals surface area contributed by atoms with Crippen LogP contribution in [-0.2, 0) is 0 Å². The normalized spacial score (nSPS) is 10.4. The Hall–Kier alpha value is -4.53. The number of hydrogen-bond donors (Lipinski definition) is 3. The average molecular weight is 444 g/mol. The van der Waals surface area contributed by atoms with Crippen LogP contribution in [0, 0.1) is 12.7 Å². The molecule has 0 bridgehead atoms. The molecule has 0 aliphatic rings. The van der Waals surface area contributed by atoms with Crippen LogP contribution in [0.1, 0.15) is 16.1 Å². The molecule has 0 saturated heterocycles. The van der Waals surface area contributed by atoms with Crippen LogP contribution in [-0.4, -0.2) is 28.0 Å². The zero-order chi connectivity index (χ0) is 23.2. The number of aryl methyl sites for hydroxylation is 1. The second-order valence-electron chi connectivity index (χ2n) is 7.12. The van der Waals surface area contributed by atoms with Gasteiger partial charge in [-0.2, -0.15) is 4.98 Å². The number of aromatic nitrogens is 3. The first-order valence-corrected chi connectivity index (χ1v) is 10.0. The van der Waals surface area contributed by atoms with E-state index in [-0.39, 0.29) is 5.56 Å². The highest BCUT2D eigenvalue weighted by Gasteiger charge is 2.08. The van der Waals surface area contributed by atoms with Crippen molar-refractivity contribution in [3.8, 4) is 5.75 Å². The Kier molecular flexibility index (Phi) is 6.40. The lowest BCUT2D eigenvalue weighted by Gasteiger charge is -2.11. The maximum atomic E-state index is 13.3. The number of carbonyl (C=O) groups is 1. The third-order valence-electron chi connectivity index (χ3n) is 4.58. The third kappa shape index (κ3) is 5.79. The zero-order valence-corrected chi connectivity index (χ0v) is 18.0. The van der Waals surface area contributed by atoms with E-state index in [4.69, 9.17) is 4.74 Å². The molecule has 4 rings (SSSR count). The molecule has 0 aliphatic heterocycles. The summed E-state index contributed by atoms with van der Waals surface area (Å²) in [5.41, 5.74) is 3.09. The van der Waals surface area contributed by atoms with E-state index in [9.17, 15) is 9.18 Å². The van der Waals surface area contributed by atoms with Crippen molar-refractivity contribution in [3.63, 3.8) is 0 Å². The highest BCUT2D eigenvalue weighted by molar-refractivity contribution is 6.04. The fourth-order valence-electron chi connectivity index (χ4n) is 3.02. The highest BCUT2D eigenvalue weighted by atomic mass is 19.1. The predicted octanol–water partition coefficient (Wildman–Crippen LogP) is 5.07. The molecule has 0 atom stereocenters. The Balaban J connectivity index is 1.42. The van der Waals surface area contributed by atoms with E-state index in [0.29, 0.717) is 17.5 Å². The molecular weight excluding hydrogens is 423 g/mol. The minimum Gasteiger partial charge on any atom is -0.497 e. The van der Waals surface area contributed by atoms with Crippen LogP contribution in [0.5, 0.6) is 5.75 Å². The summed E-state index contributed by atoms with van der Waals surface area (Å²) in [6.45, 7) is 1.88. The standard InChI is InChI=1S/C24H21FN6O2/c1-15-11-22(28-18-7-9-21(33-2)10-8-18)31-24(27-15)30-20-5-3-19(4-6-20)29-23(32)16-12-17(25)14-26-13-16/h3-14H,1-2H3,(H,29,32)(H2,27,28,30,31). The minimum atomic E-state index is -0.568. The molecule has 33 heavy (non-hydrogen) atoms. The van der Waals surface area contributed by atoms with E-state index < -0.39 is 11.7 Å². The average Bonchev–Trinajstić information content (AvgIpc) is 2.80. The van der Waals surface area contributed by atoms with Crippen molar-refractivity contribution >= 4 is 34.7 Å². The van der Waals surface area contributed by atoms with E-state index in [0.717, 1.165) is 35.1 Å². The topological polar surface area (TPSA) is 101 Å². The van der Waals surface area contributed by atoms with Gasteiger partial charge in [0.1, 0.15) is 17.4 Å². The second-order valence-corrected chi connectivity index (χ2v) is 7.12. The van der Waals surface area contributed by atoms with Gasteiger partial charge < -0.3 is 20.7 Å². The summed E-state index contributed by atoms with van der Waals surface area (Å²) in [5, 5.41) is 9.11. The fraction of sp³-hybridized carbons (Fsp3) is 0.0833. The monoisotopic (exact) mass is 444 g/mol. The fourth-order valence-corrected chi connectivity index (χ4v) is 3.02. The van der Waals surface area contributed by atoms with Gasteiger partial charge >= 0.3 is 0 Å². The number of rotatable bonds is 7. The number of halogens is 1. The Morgan fingerprint density at radius 2 is 1.55 bits per heavy atom. The number of methoxy groups -OCH3 is 1. The van der Waals surface area contributed by atoms with Gasteiger partial charge in [-0.05, 0) is 61.5 Å². The largest absolute Gasteiger partial charge is 0.497 e. The Morgan fingerprint density at radius 1 is 0.879 bits per heavy atom. The molecule has 166 valence electrons. The number of nitrogens with zero attached hydrogens (tertiary/aromatic N) is 3. The number of carbonyl (C=O) groups excluding carboxylic acids is 1. The van der Waals surface area contributed by atoms with Crippen molar-refractivity contribution in [1.82, 2.24) is 15.0 Å². The second kappa shape index (κ2) is 9.73. The van der Waals surface area contributed by atoms with Gasteiger partial charge in [0, 0.05) is 35.0 Å². The Bertz CT molecular complexity index is 1260. The van der Waals surface area contributed by atoms with Gasteiger partial charge in [-0.15, -0.1) is 0 Å². The molecule has 1 amide bonds. The summed E-state index contributed by atoms with van der Waals surface area (Å²) in [4.78, 5) is 24.9. The minimum absolute atomic E-state index is 0.141. The summed E-state index contributed by atoms with van der Waals surface area (Å²) >= 11 is 0. The van der Waals surface area contributed by atoms with Crippen molar-refractivity contribution in [2.75, 3.05) is 23.1 Å². The maximum Gasteiger partial charge on any atom is 0.257 e. The molecule has 9 heteroatoms. The van der Waals surface area contributed by atoms with Crippen molar-refractivity contribution in [2.24, 2.45) is 0 Å². The molecule has 0 radical (unpaired) electrons. The molecule has 8 nitrogen and oxygen atoms in total. The molecule has 0 spiro atoms. The number of nitrogens with one attached hydrogen (secondary N) is 3. The number of anilines is 5. The van der Waals surface area contributed by atoms with Gasteiger partial charge in [-0.1, -0.05) is 0 Å². The van der Waals surface area contributed by atoms with E-state index in [1.807, 2.05) is 37.3 Å². The number of hydrogen-bond acceptors (Lipinski definition) is 7. The molecule has 3 N–H and O–H groups in total. The SMILES string of the molecule is COc1ccc(Nc2cc(C)nc(Nc3ccc(NC(=O)c4cncc(F)c4)cc3)n2)cc1. The lowest BCUT2D eigenvalue weighted by molar-refractivity contribution is 0.102. The molecule has 0 fully saturated rings. The Labute approximate surface area is 189 Å². The van der Waals surface area contributed by atoms with Gasteiger partial charge in [-0.3, -0.25) is 9.78 Å². The van der Waals surface area contributed by atoms with Crippen LogP contribution >= 0.6 is 0 Å². The first-order chi connectivity index (χ1) is 16.0. The Morgan fingerprint density at radius 3 is 2.24 bits per heavy atom. The summed E-state index contributed by atoms with van der Waals surface area (Å²) in [6.07, 6.45) is 2.35. The van der Waals surface area contributed by atoms with Crippen LogP contribution in [0.4, 0.5) is 33.2 Å². The van der Waals surface area contributed by atoms with Crippen molar-refractivity contribution in [3.05, 3.63) is 90.1 Å². The summed E-state index contributed by atoms with van der Waals surface area (Å²) in [7, 11) is 1.62. The third-order valence-corrected chi connectivity index (χ3v) is 4.58. The van der Waals surface area contributed by atoms with Crippen LogP contribution < -0.4 is 20.7 Å². The molecule has 2 aromatic heterocycles. The quantitative estimate of drug-likeness (QED) is 0.366. The van der Waals surface area contributed by atoms with E-state index in [1.54, 1.807) is 31.4 Å². The molecule has 4 aromatic rings. The maximum absolute atomic E-state index is 13.3. The first-order valence-electron chi connectivity index (χ1n) is 10.0. The van der Waals surface area contributed by atoms with Crippen LogP contribution in [0.2, 0.25) is 0 Å². The number of ether oxygens (including phenoxy) is 1. The smallest absolute Gasteiger partial charge is 0.257 e. The zero-order valence-electron chi connectivity index (χ0n) is 18.0. The van der Waals surface area contributed by atoms with Crippen LogP contribution in [0.15, 0.2) is 73.1 Å². The highest BCUT2D eigenvalue weighted by Crippen LogP contribution is 2.22. The van der Waals surface area contributed by atoms with Crippen molar-refractivity contribution in [1.29, 1.82) is 0 Å². The molecular formula is C24H21FN6O2. The molecule has 2 aromatic carbocycles. The number of amides is 1. The lowest BCUT2D eigenvalue weighted by atomic mass is 10.2. The van der Waals surface area contributed by atoms with Gasteiger partial charge in [-0.25, -0.2) is 9.37 Å². The molecule has 0 saturated carbocycles. The van der Waals surface area contributed by atoms with Gasteiger partial charge in [0.25, 0.3) is 5.91 Å².